The molecule has 3 rings (SSSR count). The number of hydrogen-bond donors (Lipinski definition) is 1. The highest BCUT2D eigenvalue weighted by atomic mass is 35.5. The Kier molecular flexibility index (Phi) is 3.10. The summed E-state index contributed by atoms with van der Waals surface area (Å²) in [5.41, 5.74) is 3.05. The lowest BCUT2D eigenvalue weighted by molar-refractivity contribution is 0.420. The normalized spacial score (nSPS) is 15.0. The average Bonchev–Trinajstić information content (AvgIpc) is 3.11. The van der Waals surface area contributed by atoms with Gasteiger partial charge in [0.1, 0.15) is 5.69 Å². The highest BCUT2D eigenvalue weighted by molar-refractivity contribution is 6.30. The van der Waals surface area contributed by atoms with Gasteiger partial charge in [-0.15, -0.1) is 0 Å². The molecule has 4 heteroatoms. The Balaban J connectivity index is 1.83. The molecule has 0 amide bonds. The van der Waals surface area contributed by atoms with Crippen molar-refractivity contribution in [1.29, 1.82) is 0 Å². The number of benzene rings is 1. The fraction of sp³-hybridized carbons (Fsp3) is 0.357. The summed E-state index contributed by atoms with van der Waals surface area (Å²) in [7, 11) is 0. The number of nitrogens with one attached hydrogen (secondary N) is 1. The lowest BCUT2D eigenvalue weighted by Crippen LogP contribution is -2.16. The lowest BCUT2D eigenvalue weighted by atomic mass is 10.1. The molecule has 0 atom stereocenters. The molecule has 1 saturated carbocycles. The third kappa shape index (κ3) is 2.42. The molecule has 1 heterocycles. The highest BCUT2D eigenvalue weighted by Gasteiger charge is 2.22. The molecule has 94 valence electrons. The molecule has 0 bridgehead atoms. The van der Waals surface area contributed by atoms with Crippen LogP contribution in [0.15, 0.2) is 28.8 Å². The molecule has 1 aromatic carbocycles. The number of nitrogens with zero attached hydrogens (tertiary/aromatic N) is 1. The molecule has 1 aliphatic carbocycles. The second-order valence-corrected chi connectivity index (χ2v) is 5.19. The number of hydrogen-bond acceptors (Lipinski definition) is 3. The Morgan fingerprint density at radius 1 is 1.44 bits per heavy atom. The lowest BCUT2D eigenvalue weighted by Gasteiger charge is -2.00. The van der Waals surface area contributed by atoms with E-state index in [1.54, 1.807) is 0 Å². The van der Waals surface area contributed by atoms with E-state index in [-0.39, 0.29) is 0 Å². The van der Waals surface area contributed by atoms with E-state index < -0.39 is 0 Å². The Labute approximate surface area is 111 Å². The first-order valence-electron chi connectivity index (χ1n) is 6.18. The summed E-state index contributed by atoms with van der Waals surface area (Å²) >= 11 is 5.99. The van der Waals surface area contributed by atoms with E-state index in [2.05, 4.69) is 10.5 Å². The summed E-state index contributed by atoms with van der Waals surface area (Å²) in [5.74, 6) is 0.810. The average molecular weight is 263 g/mol. The molecule has 0 radical (unpaired) electrons. The van der Waals surface area contributed by atoms with Crippen LogP contribution < -0.4 is 5.32 Å². The van der Waals surface area contributed by atoms with Gasteiger partial charge in [-0.3, -0.25) is 0 Å². The van der Waals surface area contributed by atoms with Gasteiger partial charge in [-0.05, 0) is 31.9 Å². The second kappa shape index (κ2) is 4.75. The maximum absolute atomic E-state index is 5.99. The largest absolute Gasteiger partial charge is 0.356 e. The summed E-state index contributed by atoms with van der Waals surface area (Å²) in [6, 6.07) is 8.33. The SMILES string of the molecule is Cc1c(CNC2CC2)noc1-c1cccc(Cl)c1. The summed E-state index contributed by atoms with van der Waals surface area (Å²) in [6.45, 7) is 2.82. The van der Waals surface area contributed by atoms with Gasteiger partial charge in [-0.25, -0.2) is 0 Å². The fourth-order valence-electron chi connectivity index (χ4n) is 1.96. The van der Waals surface area contributed by atoms with Crippen molar-refractivity contribution < 1.29 is 4.52 Å². The standard InChI is InChI=1S/C14H15ClN2O/c1-9-13(8-16-12-5-6-12)17-18-14(9)10-3-2-4-11(15)7-10/h2-4,7,12,16H,5-6,8H2,1H3. The fourth-order valence-corrected chi connectivity index (χ4v) is 2.15. The van der Waals surface area contributed by atoms with Crippen molar-refractivity contribution in [2.24, 2.45) is 0 Å². The first-order chi connectivity index (χ1) is 8.74. The van der Waals surface area contributed by atoms with Gasteiger partial charge in [0.2, 0.25) is 0 Å². The van der Waals surface area contributed by atoms with Gasteiger partial charge >= 0.3 is 0 Å². The van der Waals surface area contributed by atoms with Crippen LogP contribution in [0.1, 0.15) is 24.1 Å². The Hall–Kier alpha value is -1.32. The second-order valence-electron chi connectivity index (χ2n) is 4.75. The van der Waals surface area contributed by atoms with Gasteiger partial charge in [0, 0.05) is 28.7 Å². The van der Waals surface area contributed by atoms with Gasteiger partial charge in [-0.1, -0.05) is 28.9 Å². The van der Waals surface area contributed by atoms with Crippen molar-refractivity contribution in [2.45, 2.75) is 32.4 Å². The smallest absolute Gasteiger partial charge is 0.170 e. The summed E-state index contributed by atoms with van der Waals surface area (Å²) in [5, 5.41) is 8.29. The van der Waals surface area contributed by atoms with Gasteiger partial charge < -0.3 is 9.84 Å². The van der Waals surface area contributed by atoms with Crippen LogP contribution in [-0.2, 0) is 6.54 Å². The Morgan fingerprint density at radius 2 is 2.28 bits per heavy atom. The van der Waals surface area contributed by atoms with Crippen molar-refractivity contribution in [1.82, 2.24) is 10.5 Å². The molecule has 3 nitrogen and oxygen atoms in total. The molecular weight excluding hydrogens is 248 g/mol. The first-order valence-corrected chi connectivity index (χ1v) is 6.56. The van der Waals surface area contributed by atoms with Crippen molar-refractivity contribution in [3.63, 3.8) is 0 Å². The maximum Gasteiger partial charge on any atom is 0.170 e. The zero-order valence-electron chi connectivity index (χ0n) is 10.2. The molecule has 1 N–H and O–H groups in total. The molecular formula is C14H15ClN2O. The van der Waals surface area contributed by atoms with Crippen LogP contribution in [0, 0.1) is 6.92 Å². The van der Waals surface area contributed by atoms with Gasteiger partial charge in [-0.2, -0.15) is 0 Å². The number of halogens is 1. The third-order valence-electron chi connectivity index (χ3n) is 3.24. The molecule has 1 aliphatic rings. The molecule has 0 aliphatic heterocycles. The maximum atomic E-state index is 5.99. The summed E-state index contributed by atoms with van der Waals surface area (Å²) < 4.78 is 5.44. The van der Waals surface area contributed by atoms with E-state index in [4.69, 9.17) is 16.1 Å². The van der Waals surface area contributed by atoms with Crippen LogP contribution in [0.5, 0.6) is 0 Å². The third-order valence-corrected chi connectivity index (χ3v) is 3.48. The highest BCUT2D eigenvalue weighted by Crippen LogP contribution is 2.28. The molecule has 2 aromatic rings. The van der Waals surface area contributed by atoms with Crippen LogP contribution in [0.25, 0.3) is 11.3 Å². The molecule has 18 heavy (non-hydrogen) atoms. The Bertz CT molecular complexity index is 561. The molecule has 1 fully saturated rings. The van der Waals surface area contributed by atoms with Crippen LogP contribution in [-0.4, -0.2) is 11.2 Å². The molecule has 0 saturated heterocycles. The minimum absolute atomic E-state index is 0.677. The Morgan fingerprint density at radius 3 is 3.00 bits per heavy atom. The topological polar surface area (TPSA) is 38.1 Å². The van der Waals surface area contributed by atoms with Crippen LogP contribution in [0.4, 0.5) is 0 Å². The minimum atomic E-state index is 0.677. The van der Waals surface area contributed by atoms with E-state index in [0.717, 1.165) is 29.1 Å². The van der Waals surface area contributed by atoms with Crippen LogP contribution >= 0.6 is 11.6 Å². The van der Waals surface area contributed by atoms with Crippen molar-refractivity contribution >= 4 is 11.6 Å². The van der Waals surface area contributed by atoms with E-state index in [1.165, 1.54) is 12.8 Å². The molecule has 0 unspecified atom stereocenters. The number of aromatic nitrogens is 1. The quantitative estimate of drug-likeness (QED) is 0.916. The van der Waals surface area contributed by atoms with E-state index in [1.807, 2.05) is 31.2 Å². The first kappa shape index (κ1) is 11.8. The summed E-state index contributed by atoms with van der Waals surface area (Å²) in [6.07, 6.45) is 2.55. The van der Waals surface area contributed by atoms with Gasteiger partial charge in [0.15, 0.2) is 5.76 Å². The van der Waals surface area contributed by atoms with Crippen molar-refractivity contribution in [3.05, 3.63) is 40.5 Å². The van der Waals surface area contributed by atoms with E-state index in [0.29, 0.717) is 11.1 Å². The zero-order valence-corrected chi connectivity index (χ0v) is 11.0. The predicted octanol–water partition coefficient (Wildman–Crippen LogP) is 3.56. The van der Waals surface area contributed by atoms with E-state index >= 15 is 0 Å². The van der Waals surface area contributed by atoms with Crippen molar-refractivity contribution in [3.8, 4) is 11.3 Å². The monoisotopic (exact) mass is 262 g/mol. The molecule has 1 aromatic heterocycles. The van der Waals surface area contributed by atoms with Crippen molar-refractivity contribution in [2.75, 3.05) is 0 Å². The van der Waals surface area contributed by atoms with Crippen LogP contribution in [0.2, 0.25) is 5.02 Å². The zero-order chi connectivity index (χ0) is 12.5. The summed E-state index contributed by atoms with van der Waals surface area (Å²) in [4.78, 5) is 0. The van der Waals surface area contributed by atoms with E-state index in [9.17, 15) is 0 Å². The predicted molar refractivity (Wildman–Crippen MR) is 71.5 cm³/mol. The minimum Gasteiger partial charge on any atom is -0.356 e. The number of rotatable bonds is 4. The van der Waals surface area contributed by atoms with Gasteiger partial charge in [0.25, 0.3) is 0 Å². The van der Waals surface area contributed by atoms with Gasteiger partial charge in [0.05, 0.1) is 0 Å². The van der Waals surface area contributed by atoms with Crippen LogP contribution in [0.3, 0.4) is 0 Å². The molecule has 0 spiro atoms.